The van der Waals surface area contributed by atoms with Gasteiger partial charge in [0.2, 0.25) is 0 Å². The molecule has 1 aromatic rings. The van der Waals surface area contributed by atoms with Gasteiger partial charge in [0.05, 0.1) is 0 Å². The number of rotatable bonds is 3. The van der Waals surface area contributed by atoms with Crippen LogP contribution in [0.2, 0.25) is 0 Å². The molecule has 19 heavy (non-hydrogen) atoms. The molecule has 0 amide bonds. The van der Waals surface area contributed by atoms with Crippen molar-refractivity contribution in [2.45, 2.75) is 51.1 Å². The van der Waals surface area contributed by atoms with Gasteiger partial charge in [-0.25, -0.2) is 0 Å². The van der Waals surface area contributed by atoms with E-state index in [0.717, 1.165) is 12.3 Å². The van der Waals surface area contributed by atoms with Gasteiger partial charge in [0.25, 0.3) is 0 Å². The molecule has 0 aromatic heterocycles. The molecule has 2 atom stereocenters. The summed E-state index contributed by atoms with van der Waals surface area (Å²) in [6.07, 6.45) is 6.61. The Kier molecular flexibility index (Phi) is 3.90. The Bertz CT molecular complexity index is 421. The number of benzene rings is 1. The van der Waals surface area contributed by atoms with Gasteiger partial charge in [0.1, 0.15) is 0 Å². The molecule has 1 fully saturated rings. The molecule has 2 heteroatoms. The third-order valence-electron chi connectivity index (χ3n) is 5.02. The molecule has 2 aliphatic rings. The van der Waals surface area contributed by atoms with E-state index in [1.54, 1.807) is 0 Å². The average Bonchev–Trinajstić information content (AvgIpc) is 2.78. The minimum absolute atomic E-state index is 0.245. The van der Waals surface area contributed by atoms with Gasteiger partial charge in [-0.15, -0.1) is 0 Å². The topological polar surface area (TPSA) is 29.3 Å². The van der Waals surface area contributed by atoms with E-state index in [-0.39, 0.29) is 6.04 Å². The van der Waals surface area contributed by atoms with Gasteiger partial charge in [-0.3, -0.25) is 4.90 Å². The molecule has 2 nitrogen and oxygen atoms in total. The largest absolute Gasteiger partial charge is 0.324 e. The standard InChI is InChI=1S/C17H26N2/c1-2-5-13-8-10-19(11-9-13)17-12-16(18)14-6-3-4-7-15(14)17/h3-4,6-7,13,16-17H,2,5,8-12,18H2,1H3. The molecule has 0 spiro atoms. The van der Waals surface area contributed by atoms with Crippen molar-refractivity contribution in [3.05, 3.63) is 35.4 Å². The van der Waals surface area contributed by atoms with Gasteiger partial charge >= 0.3 is 0 Å². The highest BCUT2D eigenvalue weighted by atomic mass is 15.2. The van der Waals surface area contributed by atoms with Crippen LogP contribution in [0.3, 0.4) is 0 Å². The average molecular weight is 258 g/mol. The quantitative estimate of drug-likeness (QED) is 0.897. The van der Waals surface area contributed by atoms with Crippen LogP contribution in [0.5, 0.6) is 0 Å². The maximum atomic E-state index is 6.29. The Morgan fingerprint density at radius 3 is 2.53 bits per heavy atom. The van der Waals surface area contributed by atoms with Crippen LogP contribution < -0.4 is 5.73 Å². The third-order valence-corrected chi connectivity index (χ3v) is 5.02. The first kappa shape index (κ1) is 13.1. The van der Waals surface area contributed by atoms with Crippen molar-refractivity contribution in [3.63, 3.8) is 0 Å². The number of piperidine rings is 1. The zero-order valence-corrected chi connectivity index (χ0v) is 12.0. The molecule has 2 unspecified atom stereocenters. The van der Waals surface area contributed by atoms with Gasteiger partial charge in [0, 0.05) is 12.1 Å². The number of nitrogens with zero attached hydrogens (tertiary/aromatic N) is 1. The summed E-state index contributed by atoms with van der Waals surface area (Å²) >= 11 is 0. The summed E-state index contributed by atoms with van der Waals surface area (Å²) in [5.41, 5.74) is 9.16. The van der Waals surface area contributed by atoms with E-state index >= 15 is 0 Å². The second-order valence-electron chi connectivity index (χ2n) is 6.25. The summed E-state index contributed by atoms with van der Waals surface area (Å²) in [6, 6.07) is 9.60. The zero-order chi connectivity index (χ0) is 13.2. The lowest BCUT2D eigenvalue weighted by molar-refractivity contribution is 0.125. The SMILES string of the molecule is CCCC1CCN(C2CC(N)c3ccccc32)CC1. The molecule has 2 N–H and O–H groups in total. The Morgan fingerprint density at radius 2 is 1.84 bits per heavy atom. The van der Waals surface area contributed by atoms with E-state index in [1.165, 1.54) is 49.9 Å². The van der Waals surface area contributed by atoms with Crippen molar-refractivity contribution in [1.29, 1.82) is 0 Å². The van der Waals surface area contributed by atoms with E-state index in [2.05, 4.69) is 36.1 Å². The summed E-state index contributed by atoms with van der Waals surface area (Å²) in [5.74, 6) is 0.964. The molecule has 1 saturated heterocycles. The second kappa shape index (κ2) is 5.64. The van der Waals surface area contributed by atoms with Gasteiger partial charge < -0.3 is 5.73 Å². The number of nitrogens with two attached hydrogens (primary N) is 1. The first-order chi connectivity index (χ1) is 9.29. The molecule has 1 aromatic carbocycles. The predicted octanol–water partition coefficient (Wildman–Crippen LogP) is 3.64. The van der Waals surface area contributed by atoms with E-state index in [9.17, 15) is 0 Å². The summed E-state index contributed by atoms with van der Waals surface area (Å²) in [7, 11) is 0. The van der Waals surface area contributed by atoms with Gasteiger partial charge in [0.15, 0.2) is 0 Å². The molecule has 104 valence electrons. The predicted molar refractivity (Wildman–Crippen MR) is 79.9 cm³/mol. The maximum absolute atomic E-state index is 6.29. The lowest BCUT2D eigenvalue weighted by Gasteiger charge is -2.36. The number of hydrogen-bond donors (Lipinski definition) is 1. The minimum Gasteiger partial charge on any atom is -0.324 e. The monoisotopic (exact) mass is 258 g/mol. The summed E-state index contributed by atoms with van der Waals surface area (Å²) < 4.78 is 0. The van der Waals surface area contributed by atoms with Crippen LogP contribution in [0.15, 0.2) is 24.3 Å². The van der Waals surface area contributed by atoms with Gasteiger partial charge in [-0.05, 0) is 49.4 Å². The van der Waals surface area contributed by atoms with E-state index < -0.39 is 0 Å². The Balaban J connectivity index is 1.69. The van der Waals surface area contributed by atoms with Crippen LogP contribution >= 0.6 is 0 Å². The van der Waals surface area contributed by atoms with E-state index in [4.69, 9.17) is 5.73 Å². The van der Waals surface area contributed by atoms with Crippen LogP contribution in [0, 0.1) is 5.92 Å². The highest BCUT2D eigenvalue weighted by molar-refractivity contribution is 5.37. The summed E-state index contributed by atoms with van der Waals surface area (Å²) in [4.78, 5) is 2.68. The molecule has 1 aliphatic heterocycles. The van der Waals surface area contributed by atoms with Crippen LogP contribution in [-0.4, -0.2) is 18.0 Å². The lowest BCUT2D eigenvalue weighted by Crippen LogP contribution is -2.36. The highest BCUT2D eigenvalue weighted by Gasteiger charge is 2.33. The van der Waals surface area contributed by atoms with E-state index in [0.29, 0.717) is 6.04 Å². The molecule has 0 saturated carbocycles. The number of fused-ring (bicyclic) bond motifs is 1. The summed E-state index contributed by atoms with van der Waals surface area (Å²) in [5, 5.41) is 0. The van der Waals surface area contributed by atoms with Crippen LogP contribution in [0.1, 0.15) is 62.2 Å². The van der Waals surface area contributed by atoms with Gasteiger partial charge in [-0.1, -0.05) is 44.0 Å². The highest BCUT2D eigenvalue weighted by Crippen LogP contribution is 2.42. The summed E-state index contributed by atoms with van der Waals surface area (Å²) in [6.45, 7) is 4.82. The molecule has 0 bridgehead atoms. The Hall–Kier alpha value is -0.860. The fourth-order valence-corrected chi connectivity index (χ4v) is 3.95. The van der Waals surface area contributed by atoms with Crippen molar-refractivity contribution in [1.82, 2.24) is 4.90 Å². The fraction of sp³-hybridized carbons (Fsp3) is 0.647. The molecule has 3 rings (SSSR count). The smallest absolute Gasteiger partial charge is 0.0369 e. The van der Waals surface area contributed by atoms with Crippen molar-refractivity contribution in [3.8, 4) is 0 Å². The van der Waals surface area contributed by atoms with Crippen LogP contribution in [0.4, 0.5) is 0 Å². The second-order valence-corrected chi connectivity index (χ2v) is 6.25. The molecule has 1 heterocycles. The van der Waals surface area contributed by atoms with Crippen molar-refractivity contribution < 1.29 is 0 Å². The molecule has 1 aliphatic carbocycles. The third kappa shape index (κ3) is 2.56. The van der Waals surface area contributed by atoms with Crippen LogP contribution in [0.25, 0.3) is 0 Å². The number of likely N-dealkylation sites (tertiary alicyclic amines) is 1. The molecular formula is C17H26N2. The Morgan fingerprint density at radius 1 is 1.16 bits per heavy atom. The first-order valence-corrected chi connectivity index (χ1v) is 7.88. The van der Waals surface area contributed by atoms with E-state index in [1.807, 2.05) is 0 Å². The fourth-order valence-electron chi connectivity index (χ4n) is 3.95. The Labute approximate surface area is 117 Å². The van der Waals surface area contributed by atoms with Crippen LogP contribution in [-0.2, 0) is 0 Å². The number of hydrogen-bond acceptors (Lipinski definition) is 2. The molecule has 0 radical (unpaired) electrons. The first-order valence-electron chi connectivity index (χ1n) is 7.88. The lowest BCUT2D eigenvalue weighted by atomic mass is 9.91. The normalized spacial score (nSPS) is 28.5. The maximum Gasteiger partial charge on any atom is 0.0369 e. The minimum atomic E-state index is 0.245. The van der Waals surface area contributed by atoms with Crippen molar-refractivity contribution in [2.75, 3.05) is 13.1 Å². The zero-order valence-electron chi connectivity index (χ0n) is 12.0. The van der Waals surface area contributed by atoms with Gasteiger partial charge in [-0.2, -0.15) is 0 Å². The van der Waals surface area contributed by atoms with Crippen molar-refractivity contribution >= 4 is 0 Å². The molecular weight excluding hydrogens is 232 g/mol. The van der Waals surface area contributed by atoms with Crippen molar-refractivity contribution in [2.24, 2.45) is 11.7 Å².